The number of hydrogen-bond acceptors (Lipinski definition) is 0. The number of rotatable bonds is 6. The lowest BCUT2D eigenvalue weighted by atomic mass is 10.1. The molecular formula is C32H64. The van der Waals surface area contributed by atoms with Crippen molar-refractivity contribution in [2.75, 3.05) is 0 Å². The van der Waals surface area contributed by atoms with Crippen molar-refractivity contribution in [1.82, 2.24) is 0 Å². The van der Waals surface area contributed by atoms with Gasteiger partial charge in [-0.2, -0.15) is 0 Å². The van der Waals surface area contributed by atoms with E-state index in [-0.39, 0.29) is 7.43 Å². The third-order valence-electron chi connectivity index (χ3n) is 4.71. The molecule has 0 N–H and O–H groups in total. The van der Waals surface area contributed by atoms with Crippen molar-refractivity contribution in [3.05, 3.63) is 54.1 Å². The summed E-state index contributed by atoms with van der Waals surface area (Å²) < 4.78 is 0. The van der Waals surface area contributed by atoms with E-state index in [4.69, 9.17) is 0 Å². The van der Waals surface area contributed by atoms with Gasteiger partial charge >= 0.3 is 0 Å². The van der Waals surface area contributed by atoms with Gasteiger partial charge in [-0.05, 0) is 30.4 Å². The van der Waals surface area contributed by atoms with Crippen LogP contribution in [0.2, 0.25) is 0 Å². The van der Waals surface area contributed by atoms with Crippen LogP contribution in [0.15, 0.2) is 48.6 Å². The Morgan fingerprint density at radius 2 is 1.28 bits per heavy atom. The van der Waals surface area contributed by atoms with E-state index in [1.165, 1.54) is 62.5 Å². The van der Waals surface area contributed by atoms with Gasteiger partial charge in [0.05, 0.1) is 0 Å². The van der Waals surface area contributed by atoms with Crippen LogP contribution in [0.25, 0.3) is 5.57 Å². The molecule has 0 radical (unpaired) electrons. The van der Waals surface area contributed by atoms with E-state index in [9.17, 15) is 0 Å². The van der Waals surface area contributed by atoms with Gasteiger partial charge in [0.1, 0.15) is 0 Å². The predicted molar refractivity (Wildman–Crippen MR) is 158 cm³/mol. The van der Waals surface area contributed by atoms with E-state index in [1.807, 2.05) is 47.6 Å². The lowest BCUT2D eigenvalue weighted by Crippen LogP contribution is -1.86. The van der Waals surface area contributed by atoms with Gasteiger partial charge < -0.3 is 0 Å². The Balaban J connectivity index is -0.000000109. The third-order valence-corrected chi connectivity index (χ3v) is 4.71. The van der Waals surface area contributed by atoms with Gasteiger partial charge in [-0.1, -0.05) is 177 Å². The second-order valence-electron chi connectivity index (χ2n) is 6.83. The fourth-order valence-electron chi connectivity index (χ4n) is 3.01. The average Bonchev–Trinajstić information content (AvgIpc) is 3.40. The molecule has 0 atom stereocenters. The molecule has 1 aliphatic rings. The molecule has 32 heavy (non-hydrogen) atoms. The maximum atomic E-state index is 2.30. The fourth-order valence-corrected chi connectivity index (χ4v) is 3.01. The normalized spacial score (nSPS) is 12.0. The molecule has 0 heteroatoms. The Morgan fingerprint density at radius 3 is 1.56 bits per heavy atom. The molecule has 0 aromatic heterocycles. The van der Waals surface area contributed by atoms with Crippen LogP contribution in [0.3, 0.4) is 0 Å². The van der Waals surface area contributed by atoms with Gasteiger partial charge in [0.25, 0.3) is 0 Å². The van der Waals surface area contributed by atoms with Crippen LogP contribution in [0.1, 0.15) is 147 Å². The minimum Gasteiger partial charge on any atom is -0.0842 e. The topological polar surface area (TPSA) is 0 Å². The molecule has 0 unspecified atom stereocenters. The minimum absolute atomic E-state index is 0. The van der Waals surface area contributed by atoms with Crippen LogP contribution >= 0.6 is 0 Å². The summed E-state index contributed by atoms with van der Waals surface area (Å²) in [6, 6.07) is 10.4. The summed E-state index contributed by atoms with van der Waals surface area (Å²) in [7, 11) is 0. The van der Waals surface area contributed by atoms with Crippen molar-refractivity contribution in [3.63, 3.8) is 0 Å². The summed E-state index contributed by atoms with van der Waals surface area (Å²) in [5.74, 6) is 1.10. The first-order valence-electron chi connectivity index (χ1n) is 13.6. The second-order valence-corrected chi connectivity index (χ2v) is 6.83. The molecule has 0 heterocycles. The first kappa shape index (κ1) is 41.0. The predicted octanol–water partition coefficient (Wildman–Crippen LogP) is 12.6. The summed E-state index contributed by atoms with van der Waals surface area (Å²) in [4.78, 5) is 0. The molecule has 1 saturated carbocycles. The molecule has 1 fully saturated rings. The SMILES string of the molecule is C.C/C=C(\C=C/CC)c1ccccc1.CC.CC.CC.CCC1CCCC1.CCCCC. The zero-order valence-corrected chi connectivity index (χ0v) is 23.6. The minimum atomic E-state index is 0. The first-order valence-corrected chi connectivity index (χ1v) is 13.6. The van der Waals surface area contributed by atoms with E-state index in [1.54, 1.807) is 0 Å². The monoisotopic (exact) mass is 449 g/mol. The standard InChI is InChI=1S/C13H16.C7H14.C5H12.3C2H6.CH4/c1-3-5-9-12(4-2)13-10-7-6-8-11-13;1-2-7-5-3-4-6-7;1-3-5-4-2;3*1-2;/h4-11H,3H2,1-2H3;7H,2-6H2,1H3;3-5H2,1-2H3;3*1-2H3;1H4/b9-5-,12-4+;;;;;;. The highest BCUT2D eigenvalue weighted by Gasteiger charge is 2.11. The van der Waals surface area contributed by atoms with Crippen molar-refractivity contribution in [3.8, 4) is 0 Å². The van der Waals surface area contributed by atoms with Crippen molar-refractivity contribution in [2.24, 2.45) is 5.92 Å². The summed E-state index contributed by atoms with van der Waals surface area (Å²) in [6.45, 7) is 22.9. The Morgan fingerprint density at radius 1 is 0.812 bits per heavy atom. The van der Waals surface area contributed by atoms with Crippen LogP contribution in [-0.4, -0.2) is 0 Å². The number of hydrogen-bond donors (Lipinski definition) is 0. The van der Waals surface area contributed by atoms with Gasteiger partial charge in [-0.25, -0.2) is 0 Å². The molecule has 1 aromatic carbocycles. The fraction of sp³-hybridized carbons (Fsp3) is 0.688. The number of benzene rings is 1. The largest absolute Gasteiger partial charge is 0.0842 e. The molecule has 1 aliphatic carbocycles. The van der Waals surface area contributed by atoms with E-state index >= 15 is 0 Å². The van der Waals surface area contributed by atoms with Gasteiger partial charge in [0, 0.05) is 0 Å². The molecule has 0 bridgehead atoms. The van der Waals surface area contributed by atoms with Crippen molar-refractivity contribution in [1.29, 1.82) is 0 Å². The molecule has 0 amide bonds. The molecule has 0 aliphatic heterocycles. The van der Waals surface area contributed by atoms with E-state index < -0.39 is 0 Å². The van der Waals surface area contributed by atoms with Gasteiger partial charge in [-0.3, -0.25) is 0 Å². The summed E-state index contributed by atoms with van der Waals surface area (Å²) in [5.41, 5.74) is 2.58. The maximum absolute atomic E-state index is 2.30. The van der Waals surface area contributed by atoms with Crippen molar-refractivity contribution in [2.45, 2.75) is 141 Å². The second kappa shape index (κ2) is 40.1. The number of unbranched alkanes of at least 4 members (excludes halogenated alkanes) is 2. The summed E-state index contributed by atoms with van der Waals surface area (Å²) in [6.07, 6.45) is 19.1. The highest BCUT2D eigenvalue weighted by molar-refractivity contribution is 5.73. The number of allylic oxidation sites excluding steroid dienone is 4. The van der Waals surface area contributed by atoms with Crippen LogP contribution in [0, 0.1) is 5.92 Å². The van der Waals surface area contributed by atoms with E-state index in [0.29, 0.717) is 0 Å². The molecular weight excluding hydrogens is 384 g/mol. The van der Waals surface area contributed by atoms with Gasteiger partial charge in [0.15, 0.2) is 0 Å². The maximum Gasteiger partial charge on any atom is -0.0187 e. The van der Waals surface area contributed by atoms with Crippen LogP contribution in [0.5, 0.6) is 0 Å². The Kier molecular flexibility index (Phi) is 51.4. The van der Waals surface area contributed by atoms with Crippen LogP contribution in [0.4, 0.5) is 0 Å². The Hall–Kier alpha value is -1.30. The lowest BCUT2D eigenvalue weighted by molar-refractivity contribution is 0.531. The molecule has 0 nitrogen and oxygen atoms in total. The van der Waals surface area contributed by atoms with Crippen LogP contribution in [-0.2, 0) is 0 Å². The lowest BCUT2D eigenvalue weighted by Gasteiger charge is -2.00. The van der Waals surface area contributed by atoms with Crippen molar-refractivity contribution < 1.29 is 0 Å². The van der Waals surface area contributed by atoms with Gasteiger partial charge in [0.2, 0.25) is 0 Å². The zero-order valence-electron chi connectivity index (χ0n) is 23.6. The Bertz CT molecular complexity index is 430. The molecule has 0 saturated heterocycles. The molecule has 2 rings (SSSR count). The van der Waals surface area contributed by atoms with Crippen molar-refractivity contribution >= 4 is 5.57 Å². The smallest absolute Gasteiger partial charge is 0.0187 e. The third kappa shape index (κ3) is 28.7. The molecule has 192 valence electrons. The highest BCUT2D eigenvalue weighted by atomic mass is 14.2. The highest BCUT2D eigenvalue weighted by Crippen LogP contribution is 2.26. The summed E-state index contributed by atoms with van der Waals surface area (Å²) in [5, 5.41) is 0. The molecule has 1 aromatic rings. The molecule has 0 spiro atoms. The van der Waals surface area contributed by atoms with Gasteiger partial charge in [-0.15, -0.1) is 0 Å². The summed E-state index contributed by atoms with van der Waals surface area (Å²) >= 11 is 0. The van der Waals surface area contributed by atoms with E-state index in [0.717, 1.165) is 12.3 Å². The average molecular weight is 449 g/mol. The van der Waals surface area contributed by atoms with Crippen LogP contribution < -0.4 is 0 Å². The quantitative estimate of drug-likeness (QED) is 0.379. The first-order chi connectivity index (χ1) is 15.2. The Labute approximate surface area is 207 Å². The zero-order chi connectivity index (χ0) is 24.8. The van der Waals surface area contributed by atoms with E-state index in [2.05, 4.69) is 77.1 Å².